The van der Waals surface area contributed by atoms with Crippen LogP contribution in [0.2, 0.25) is 5.02 Å². The molecule has 3 aromatic rings. The first-order valence-electron chi connectivity index (χ1n) is 10.6. The minimum atomic E-state index is -0.881. The third kappa shape index (κ3) is 4.33. The van der Waals surface area contributed by atoms with Crippen molar-refractivity contribution in [2.45, 2.75) is 13.0 Å². The van der Waals surface area contributed by atoms with Gasteiger partial charge >= 0.3 is 5.97 Å². The highest BCUT2D eigenvalue weighted by Gasteiger charge is 2.35. The van der Waals surface area contributed by atoms with Crippen molar-refractivity contribution in [3.8, 4) is 23.0 Å². The number of esters is 1. The molecule has 1 atom stereocenters. The average molecular weight is 531 g/mol. The van der Waals surface area contributed by atoms with Crippen molar-refractivity contribution < 1.29 is 28.8 Å². The first-order chi connectivity index (χ1) is 17.2. The summed E-state index contributed by atoms with van der Waals surface area (Å²) < 4.78 is 22.8. The Hall–Kier alpha value is -3.76. The summed E-state index contributed by atoms with van der Waals surface area (Å²) in [5, 5.41) is 10.6. The van der Waals surface area contributed by atoms with E-state index in [-0.39, 0.29) is 28.4 Å². The number of ether oxygens (including phenoxy) is 4. The summed E-state index contributed by atoms with van der Waals surface area (Å²) in [7, 11) is 5.60. The van der Waals surface area contributed by atoms with E-state index in [1.807, 2.05) is 0 Å². The zero-order valence-electron chi connectivity index (χ0n) is 20.1. The molecular formula is C25H23ClN2O7S. The van der Waals surface area contributed by atoms with E-state index in [4.69, 9.17) is 30.5 Å². The maximum absolute atomic E-state index is 13.7. The summed E-state index contributed by atoms with van der Waals surface area (Å²) >= 11 is 7.45. The van der Waals surface area contributed by atoms with E-state index < -0.39 is 12.0 Å². The van der Waals surface area contributed by atoms with E-state index >= 15 is 0 Å². The Kier molecular flexibility index (Phi) is 7.09. The van der Waals surface area contributed by atoms with Crippen molar-refractivity contribution in [3.05, 3.63) is 77.4 Å². The Morgan fingerprint density at radius 1 is 1.08 bits per heavy atom. The molecule has 2 heterocycles. The Balaban J connectivity index is 2.02. The maximum atomic E-state index is 13.7. The fourth-order valence-corrected chi connectivity index (χ4v) is 5.28. The molecule has 1 N–H and O–H groups in total. The molecule has 0 spiro atoms. The maximum Gasteiger partial charge on any atom is 0.338 e. The van der Waals surface area contributed by atoms with E-state index in [0.717, 1.165) is 11.3 Å². The number of phenols is 1. The van der Waals surface area contributed by atoms with E-state index in [1.165, 1.54) is 33.0 Å². The fraction of sp³-hybridized carbons (Fsp3) is 0.240. The van der Waals surface area contributed by atoms with Crippen LogP contribution in [0.1, 0.15) is 24.1 Å². The molecule has 0 unspecified atom stereocenters. The van der Waals surface area contributed by atoms with Crippen LogP contribution in [0.5, 0.6) is 23.0 Å². The summed E-state index contributed by atoms with van der Waals surface area (Å²) in [6.45, 7) is 1.68. The zero-order chi connectivity index (χ0) is 26.1. The molecule has 188 valence electrons. The van der Waals surface area contributed by atoms with Crippen LogP contribution >= 0.6 is 22.9 Å². The highest BCUT2D eigenvalue weighted by molar-refractivity contribution is 7.07. The minimum absolute atomic E-state index is 0.148. The number of hydrogen-bond acceptors (Lipinski definition) is 9. The SMILES string of the molecule is COC(=O)C1=C(C)N=c2s/c(=C\c3cc(OC)c(O)c(OC)c3)c(=O)n2[C@@H]1c1cc(Cl)ccc1OC. The molecule has 36 heavy (non-hydrogen) atoms. The van der Waals surface area contributed by atoms with Gasteiger partial charge in [0.1, 0.15) is 11.8 Å². The number of rotatable bonds is 6. The second-order valence-corrected chi connectivity index (χ2v) is 9.18. The smallest absolute Gasteiger partial charge is 0.338 e. The lowest BCUT2D eigenvalue weighted by atomic mass is 9.95. The number of fused-ring (bicyclic) bond motifs is 1. The Bertz CT molecular complexity index is 1550. The van der Waals surface area contributed by atoms with Gasteiger partial charge in [0, 0.05) is 10.6 Å². The fourth-order valence-electron chi connectivity index (χ4n) is 4.05. The first-order valence-corrected chi connectivity index (χ1v) is 11.8. The standard InChI is InChI=1S/C25H23ClN2O7S/c1-12-20(24(31)35-5)21(15-11-14(26)6-7-16(15)32-2)28-23(30)19(36-25(28)27-12)10-13-8-17(33-3)22(29)18(9-13)34-4/h6-11,21,29H,1-5H3/b19-10-/t21-/m1/s1. The Morgan fingerprint density at radius 3 is 2.31 bits per heavy atom. The van der Waals surface area contributed by atoms with Crippen molar-refractivity contribution in [1.29, 1.82) is 0 Å². The molecule has 0 saturated heterocycles. The molecule has 1 aliphatic rings. The van der Waals surface area contributed by atoms with Crippen LogP contribution in [-0.2, 0) is 9.53 Å². The number of carbonyl (C=O) groups excluding carboxylic acids is 1. The van der Waals surface area contributed by atoms with Gasteiger partial charge in [0.15, 0.2) is 16.3 Å². The van der Waals surface area contributed by atoms with Gasteiger partial charge in [-0.15, -0.1) is 0 Å². The van der Waals surface area contributed by atoms with Crippen molar-refractivity contribution in [3.63, 3.8) is 0 Å². The number of halogens is 1. The molecular weight excluding hydrogens is 508 g/mol. The van der Waals surface area contributed by atoms with Gasteiger partial charge in [0.2, 0.25) is 5.75 Å². The molecule has 9 nitrogen and oxygen atoms in total. The zero-order valence-corrected chi connectivity index (χ0v) is 21.7. The Morgan fingerprint density at radius 2 is 1.72 bits per heavy atom. The highest BCUT2D eigenvalue weighted by atomic mass is 35.5. The number of thiazole rings is 1. The monoisotopic (exact) mass is 530 g/mol. The average Bonchev–Trinajstić information content (AvgIpc) is 3.17. The number of methoxy groups -OCH3 is 4. The highest BCUT2D eigenvalue weighted by Crippen LogP contribution is 2.38. The van der Waals surface area contributed by atoms with E-state index in [0.29, 0.717) is 36.9 Å². The summed E-state index contributed by atoms with van der Waals surface area (Å²) in [6, 6.07) is 7.27. The topological polar surface area (TPSA) is 109 Å². The van der Waals surface area contributed by atoms with Crippen molar-refractivity contribution in [2.75, 3.05) is 28.4 Å². The number of aromatic hydroxyl groups is 1. The second kappa shape index (κ2) is 10.1. The summed E-state index contributed by atoms with van der Waals surface area (Å²) in [6.07, 6.45) is 1.64. The number of allylic oxidation sites excluding steroid dienone is 1. The van der Waals surface area contributed by atoms with E-state index in [1.54, 1.807) is 43.3 Å². The predicted octanol–water partition coefficient (Wildman–Crippen LogP) is 2.79. The van der Waals surface area contributed by atoms with Crippen molar-refractivity contribution >= 4 is 35.0 Å². The molecule has 0 radical (unpaired) electrons. The van der Waals surface area contributed by atoms with Crippen LogP contribution in [0.15, 0.2) is 51.4 Å². The number of aromatic nitrogens is 1. The molecule has 0 saturated carbocycles. The van der Waals surface area contributed by atoms with Gasteiger partial charge in [-0.3, -0.25) is 9.36 Å². The lowest BCUT2D eigenvalue weighted by Gasteiger charge is -2.25. The summed E-state index contributed by atoms with van der Waals surface area (Å²) in [4.78, 5) is 31.5. The second-order valence-electron chi connectivity index (χ2n) is 7.73. The third-order valence-corrected chi connectivity index (χ3v) is 6.93. The van der Waals surface area contributed by atoms with Crippen LogP contribution in [0, 0.1) is 0 Å². The van der Waals surface area contributed by atoms with Crippen LogP contribution in [-0.4, -0.2) is 44.1 Å². The molecule has 1 aromatic heterocycles. The molecule has 0 amide bonds. The van der Waals surface area contributed by atoms with Gasteiger partial charge in [-0.05, 0) is 48.9 Å². The van der Waals surface area contributed by atoms with Gasteiger partial charge in [-0.1, -0.05) is 22.9 Å². The lowest BCUT2D eigenvalue weighted by molar-refractivity contribution is -0.136. The van der Waals surface area contributed by atoms with Gasteiger partial charge in [0.25, 0.3) is 5.56 Å². The largest absolute Gasteiger partial charge is 0.502 e. The summed E-state index contributed by atoms with van der Waals surface area (Å²) in [5.74, 6) is 0.0659. The molecule has 0 fully saturated rings. The molecule has 1 aliphatic heterocycles. The van der Waals surface area contributed by atoms with Gasteiger partial charge < -0.3 is 24.1 Å². The molecule has 0 aliphatic carbocycles. The summed E-state index contributed by atoms with van der Waals surface area (Å²) in [5.41, 5.74) is 1.30. The quantitative estimate of drug-likeness (QED) is 0.488. The van der Waals surface area contributed by atoms with Crippen LogP contribution in [0.25, 0.3) is 6.08 Å². The molecule has 11 heteroatoms. The third-order valence-electron chi connectivity index (χ3n) is 5.71. The van der Waals surface area contributed by atoms with Crippen LogP contribution in [0.3, 0.4) is 0 Å². The van der Waals surface area contributed by atoms with Gasteiger partial charge in [-0.2, -0.15) is 0 Å². The number of carbonyl (C=O) groups is 1. The van der Waals surface area contributed by atoms with Crippen LogP contribution in [0.4, 0.5) is 0 Å². The number of nitrogens with zero attached hydrogens (tertiary/aromatic N) is 2. The molecule has 0 bridgehead atoms. The van der Waals surface area contributed by atoms with Crippen molar-refractivity contribution in [2.24, 2.45) is 4.99 Å². The number of benzene rings is 2. The number of phenolic OH excluding ortho intramolecular Hbond substituents is 1. The number of hydrogen-bond donors (Lipinski definition) is 1. The van der Waals surface area contributed by atoms with E-state index in [2.05, 4.69) is 4.99 Å². The predicted molar refractivity (Wildman–Crippen MR) is 135 cm³/mol. The first kappa shape index (κ1) is 25.3. The minimum Gasteiger partial charge on any atom is -0.502 e. The van der Waals surface area contributed by atoms with Crippen LogP contribution < -0.4 is 29.1 Å². The molecule has 4 rings (SSSR count). The van der Waals surface area contributed by atoms with Gasteiger partial charge in [0.05, 0.1) is 44.2 Å². The lowest BCUT2D eigenvalue weighted by Crippen LogP contribution is -2.40. The van der Waals surface area contributed by atoms with Gasteiger partial charge in [-0.25, -0.2) is 9.79 Å². The molecule has 2 aromatic carbocycles. The van der Waals surface area contributed by atoms with E-state index in [9.17, 15) is 14.7 Å². The van der Waals surface area contributed by atoms with Crippen molar-refractivity contribution in [1.82, 2.24) is 4.57 Å². The Labute approximate surface area is 215 Å². The normalized spacial score (nSPS) is 15.3.